The molecule has 78 valence electrons. The second kappa shape index (κ2) is 5.36. The summed E-state index contributed by atoms with van der Waals surface area (Å²) in [5.74, 6) is 0.300. The fourth-order valence-corrected chi connectivity index (χ4v) is 0.927. The van der Waals surface area contributed by atoms with Gasteiger partial charge in [0.2, 0.25) is 5.91 Å². The molecular weight excluding hydrogens is 184 g/mol. The third-order valence-electron chi connectivity index (χ3n) is 1.73. The third-order valence-corrected chi connectivity index (χ3v) is 1.73. The van der Waals surface area contributed by atoms with Gasteiger partial charge >= 0.3 is 0 Å². The van der Waals surface area contributed by atoms with Crippen molar-refractivity contribution in [3.63, 3.8) is 0 Å². The lowest BCUT2D eigenvalue weighted by atomic mass is 10.2. The Labute approximate surface area is 81.8 Å². The minimum absolute atomic E-state index is 0.244. The first-order valence-corrected chi connectivity index (χ1v) is 4.29. The van der Waals surface area contributed by atoms with E-state index in [1.807, 2.05) is 0 Å². The maximum absolute atomic E-state index is 11.4. The molecule has 6 nitrogen and oxygen atoms in total. The van der Waals surface area contributed by atoms with Crippen molar-refractivity contribution in [2.45, 2.75) is 12.5 Å². The fraction of sp³-hybridized carbons (Fsp3) is 0.500. The second-order valence-electron chi connectivity index (χ2n) is 2.85. The summed E-state index contributed by atoms with van der Waals surface area (Å²) in [6, 6.07) is 1.10. The molecule has 1 aromatic heterocycles. The van der Waals surface area contributed by atoms with Crippen molar-refractivity contribution in [3.8, 4) is 0 Å². The van der Waals surface area contributed by atoms with E-state index in [4.69, 9.17) is 10.5 Å². The molecule has 1 heterocycles. The zero-order valence-electron chi connectivity index (χ0n) is 7.99. The van der Waals surface area contributed by atoms with Crippen molar-refractivity contribution in [1.29, 1.82) is 0 Å². The Bertz CT molecular complexity index is 273. The highest BCUT2D eigenvalue weighted by Gasteiger charge is 2.13. The van der Waals surface area contributed by atoms with Crippen LogP contribution in [0.2, 0.25) is 0 Å². The quantitative estimate of drug-likeness (QED) is 0.606. The Kier molecular flexibility index (Phi) is 4.09. The Balaban J connectivity index is 2.34. The lowest BCUT2D eigenvalue weighted by molar-refractivity contribution is -0.117. The summed E-state index contributed by atoms with van der Waals surface area (Å²) >= 11 is 0. The number of carbonyl (C=O) groups excluding carboxylic acids is 1. The maximum Gasteiger partial charge on any atom is 0.242 e. The first-order chi connectivity index (χ1) is 6.74. The van der Waals surface area contributed by atoms with Crippen molar-refractivity contribution in [2.24, 2.45) is 5.73 Å². The SMILES string of the molecule is COCCC(N)C(=O)Nc1ccn[nH]1. The summed E-state index contributed by atoms with van der Waals surface area (Å²) in [6.45, 7) is 0.470. The van der Waals surface area contributed by atoms with Gasteiger partial charge in [-0.3, -0.25) is 9.89 Å². The molecule has 0 saturated heterocycles. The molecule has 1 amide bonds. The largest absolute Gasteiger partial charge is 0.385 e. The number of anilines is 1. The minimum Gasteiger partial charge on any atom is -0.385 e. The number of ether oxygens (including phenoxy) is 1. The summed E-state index contributed by atoms with van der Waals surface area (Å²) in [5, 5.41) is 8.89. The molecule has 0 aliphatic heterocycles. The number of nitrogens with one attached hydrogen (secondary N) is 2. The summed E-state index contributed by atoms with van der Waals surface area (Å²) in [4.78, 5) is 11.4. The van der Waals surface area contributed by atoms with Gasteiger partial charge < -0.3 is 15.8 Å². The van der Waals surface area contributed by atoms with Crippen molar-refractivity contribution in [1.82, 2.24) is 10.2 Å². The van der Waals surface area contributed by atoms with Crippen LogP contribution in [0.25, 0.3) is 0 Å². The van der Waals surface area contributed by atoms with Crippen molar-refractivity contribution < 1.29 is 9.53 Å². The molecule has 1 aromatic rings. The van der Waals surface area contributed by atoms with Crippen LogP contribution in [0.4, 0.5) is 5.82 Å². The molecule has 0 saturated carbocycles. The number of carbonyl (C=O) groups is 1. The van der Waals surface area contributed by atoms with Crippen LogP contribution in [0.5, 0.6) is 0 Å². The van der Waals surface area contributed by atoms with Gasteiger partial charge in [0.15, 0.2) is 0 Å². The van der Waals surface area contributed by atoms with Crippen LogP contribution >= 0.6 is 0 Å². The number of aromatic nitrogens is 2. The van der Waals surface area contributed by atoms with Gasteiger partial charge in [-0.25, -0.2) is 0 Å². The van der Waals surface area contributed by atoms with Crippen molar-refractivity contribution in [3.05, 3.63) is 12.3 Å². The van der Waals surface area contributed by atoms with E-state index in [2.05, 4.69) is 15.5 Å². The van der Waals surface area contributed by atoms with Gasteiger partial charge in [-0.15, -0.1) is 0 Å². The Morgan fingerprint density at radius 3 is 3.21 bits per heavy atom. The van der Waals surface area contributed by atoms with Gasteiger partial charge in [0.05, 0.1) is 12.2 Å². The van der Waals surface area contributed by atoms with Gasteiger partial charge in [0, 0.05) is 19.8 Å². The van der Waals surface area contributed by atoms with E-state index in [9.17, 15) is 4.79 Å². The molecule has 1 atom stereocenters. The molecule has 0 fully saturated rings. The molecule has 0 radical (unpaired) electrons. The van der Waals surface area contributed by atoms with Crippen molar-refractivity contribution >= 4 is 11.7 Å². The highest BCUT2D eigenvalue weighted by molar-refractivity contribution is 5.93. The van der Waals surface area contributed by atoms with Crippen molar-refractivity contribution in [2.75, 3.05) is 19.0 Å². The van der Waals surface area contributed by atoms with E-state index in [1.165, 1.54) is 0 Å². The topological polar surface area (TPSA) is 93.0 Å². The molecule has 4 N–H and O–H groups in total. The molecule has 0 bridgehead atoms. The number of nitrogens with zero attached hydrogens (tertiary/aromatic N) is 1. The van der Waals surface area contributed by atoms with E-state index in [1.54, 1.807) is 19.4 Å². The molecule has 1 unspecified atom stereocenters. The number of amides is 1. The van der Waals surface area contributed by atoms with Gasteiger partial charge in [0.1, 0.15) is 5.82 Å². The van der Waals surface area contributed by atoms with E-state index in [-0.39, 0.29) is 5.91 Å². The maximum atomic E-state index is 11.4. The Morgan fingerprint density at radius 1 is 1.86 bits per heavy atom. The average molecular weight is 198 g/mol. The Hall–Kier alpha value is -1.40. The van der Waals surface area contributed by atoms with Gasteiger partial charge in [0.25, 0.3) is 0 Å². The second-order valence-corrected chi connectivity index (χ2v) is 2.85. The van der Waals surface area contributed by atoms with Gasteiger partial charge in [-0.1, -0.05) is 0 Å². The van der Waals surface area contributed by atoms with Crippen LogP contribution in [0.15, 0.2) is 12.3 Å². The smallest absolute Gasteiger partial charge is 0.242 e. The van der Waals surface area contributed by atoms with E-state index in [0.29, 0.717) is 18.8 Å². The first kappa shape index (κ1) is 10.7. The molecular formula is C8H14N4O2. The lowest BCUT2D eigenvalue weighted by Gasteiger charge is -2.09. The number of nitrogens with two attached hydrogens (primary N) is 1. The van der Waals surface area contributed by atoms with Crippen LogP contribution in [0.3, 0.4) is 0 Å². The van der Waals surface area contributed by atoms with Gasteiger partial charge in [-0.2, -0.15) is 5.10 Å². The Morgan fingerprint density at radius 2 is 2.64 bits per heavy atom. The van der Waals surface area contributed by atoms with Crippen LogP contribution in [-0.4, -0.2) is 35.9 Å². The molecule has 0 aromatic carbocycles. The third kappa shape index (κ3) is 3.15. The van der Waals surface area contributed by atoms with E-state index < -0.39 is 6.04 Å². The number of hydrogen-bond donors (Lipinski definition) is 3. The molecule has 0 aliphatic carbocycles. The standard InChI is InChI=1S/C8H14N4O2/c1-14-5-3-6(9)8(13)11-7-2-4-10-12-7/h2,4,6H,3,5,9H2,1H3,(H2,10,11,12,13). The number of rotatable bonds is 5. The zero-order chi connectivity index (χ0) is 10.4. The van der Waals surface area contributed by atoms with E-state index in [0.717, 1.165) is 0 Å². The number of aromatic amines is 1. The predicted octanol–water partition coefficient (Wildman–Crippen LogP) is -0.288. The predicted molar refractivity (Wildman–Crippen MR) is 51.7 cm³/mol. The number of hydrogen-bond acceptors (Lipinski definition) is 4. The summed E-state index contributed by atoms with van der Waals surface area (Å²) in [7, 11) is 1.57. The summed E-state index contributed by atoms with van der Waals surface area (Å²) in [6.07, 6.45) is 2.05. The van der Waals surface area contributed by atoms with Crippen LogP contribution in [-0.2, 0) is 9.53 Å². The molecule has 0 spiro atoms. The summed E-state index contributed by atoms with van der Waals surface area (Å²) in [5.41, 5.74) is 5.59. The first-order valence-electron chi connectivity index (χ1n) is 4.29. The van der Waals surface area contributed by atoms with Crippen LogP contribution in [0, 0.1) is 0 Å². The monoisotopic (exact) mass is 198 g/mol. The van der Waals surface area contributed by atoms with Gasteiger partial charge in [-0.05, 0) is 6.42 Å². The molecule has 14 heavy (non-hydrogen) atoms. The zero-order valence-corrected chi connectivity index (χ0v) is 7.99. The number of methoxy groups -OCH3 is 1. The summed E-state index contributed by atoms with van der Waals surface area (Å²) < 4.78 is 4.82. The normalized spacial score (nSPS) is 12.4. The number of H-pyrrole nitrogens is 1. The molecule has 6 heteroatoms. The highest BCUT2D eigenvalue weighted by atomic mass is 16.5. The highest BCUT2D eigenvalue weighted by Crippen LogP contribution is 2.00. The molecule has 0 aliphatic rings. The van der Waals surface area contributed by atoms with Crippen LogP contribution < -0.4 is 11.1 Å². The lowest BCUT2D eigenvalue weighted by Crippen LogP contribution is -2.36. The average Bonchev–Trinajstić information content (AvgIpc) is 2.66. The van der Waals surface area contributed by atoms with Crippen LogP contribution in [0.1, 0.15) is 6.42 Å². The minimum atomic E-state index is -0.557. The van der Waals surface area contributed by atoms with E-state index >= 15 is 0 Å². The fourth-order valence-electron chi connectivity index (χ4n) is 0.927. The molecule has 1 rings (SSSR count).